The molecule has 2 aromatic heterocycles. The van der Waals surface area contributed by atoms with Gasteiger partial charge in [0.1, 0.15) is 5.03 Å². The summed E-state index contributed by atoms with van der Waals surface area (Å²) in [6.45, 7) is 2.26. The molecule has 0 radical (unpaired) electrons. The normalized spacial score (nSPS) is 10.6. The average Bonchev–Trinajstić information content (AvgIpc) is 2.72. The fourth-order valence-electron chi connectivity index (χ4n) is 1.39. The van der Waals surface area contributed by atoms with Crippen molar-refractivity contribution in [1.82, 2.24) is 19.7 Å². The predicted molar refractivity (Wildman–Crippen MR) is 68.9 cm³/mol. The lowest BCUT2D eigenvalue weighted by Gasteiger charge is -2.03. The number of nitrogens with one attached hydrogen (secondary N) is 1. The molecule has 0 saturated heterocycles. The van der Waals surface area contributed by atoms with Crippen LogP contribution < -0.4 is 5.69 Å². The van der Waals surface area contributed by atoms with Crippen molar-refractivity contribution >= 4 is 29.3 Å². The lowest BCUT2D eigenvalue weighted by atomic mass is 10.3. The first kappa shape index (κ1) is 13.6. The number of carboxylic acid groups (broad SMARTS) is 1. The van der Waals surface area contributed by atoms with E-state index in [0.717, 1.165) is 11.8 Å². The topological polar surface area (TPSA) is 101 Å². The minimum atomic E-state index is -1.14. The molecule has 0 aliphatic rings. The maximum absolute atomic E-state index is 11.4. The van der Waals surface area contributed by atoms with Crippen LogP contribution in [0.1, 0.15) is 17.3 Å². The van der Waals surface area contributed by atoms with Gasteiger partial charge in [0, 0.05) is 12.7 Å². The van der Waals surface area contributed by atoms with Crippen LogP contribution in [0.3, 0.4) is 0 Å². The lowest BCUT2D eigenvalue weighted by Crippen LogP contribution is -2.16. The maximum Gasteiger partial charge on any atom is 0.343 e. The van der Waals surface area contributed by atoms with Crippen LogP contribution in [0.2, 0.25) is 5.02 Å². The molecule has 2 heterocycles. The second kappa shape index (κ2) is 5.45. The standard InChI is InChI=1S/C10H9ClN4O3S/c1-2-15-9(18)13-14-10(15)19-7-3-5(8(16)17)6(11)4-12-7/h3-4H,2H2,1H3,(H,13,18)(H,16,17). The number of nitrogens with zero attached hydrogens (tertiary/aromatic N) is 3. The van der Waals surface area contributed by atoms with Crippen molar-refractivity contribution in [3.63, 3.8) is 0 Å². The zero-order valence-electron chi connectivity index (χ0n) is 9.75. The Bertz CT molecular complexity index is 682. The van der Waals surface area contributed by atoms with Gasteiger partial charge in [0.05, 0.1) is 10.6 Å². The molecule has 2 N–H and O–H groups in total. The number of halogens is 1. The number of H-pyrrole nitrogens is 1. The Morgan fingerprint density at radius 3 is 3.00 bits per heavy atom. The Morgan fingerprint density at radius 2 is 2.37 bits per heavy atom. The van der Waals surface area contributed by atoms with Crippen molar-refractivity contribution in [3.05, 3.63) is 33.3 Å². The van der Waals surface area contributed by atoms with Gasteiger partial charge in [-0.05, 0) is 24.8 Å². The summed E-state index contributed by atoms with van der Waals surface area (Å²) in [7, 11) is 0. The van der Waals surface area contributed by atoms with Crippen LogP contribution in [0.25, 0.3) is 0 Å². The second-order valence-electron chi connectivity index (χ2n) is 3.47. The van der Waals surface area contributed by atoms with Crippen LogP contribution >= 0.6 is 23.4 Å². The van der Waals surface area contributed by atoms with Gasteiger partial charge in [-0.2, -0.15) is 0 Å². The summed E-state index contributed by atoms with van der Waals surface area (Å²) in [5.41, 5.74) is -0.363. The monoisotopic (exact) mass is 300 g/mol. The van der Waals surface area contributed by atoms with Gasteiger partial charge in [0.25, 0.3) is 0 Å². The molecule has 2 aromatic rings. The molecule has 2 rings (SSSR count). The smallest absolute Gasteiger partial charge is 0.343 e. The first-order chi connectivity index (χ1) is 9.02. The Hall–Kier alpha value is -1.80. The number of hydrogen-bond donors (Lipinski definition) is 2. The van der Waals surface area contributed by atoms with Gasteiger partial charge in [-0.15, -0.1) is 5.10 Å². The minimum Gasteiger partial charge on any atom is -0.478 e. The van der Waals surface area contributed by atoms with E-state index in [1.165, 1.54) is 16.8 Å². The van der Waals surface area contributed by atoms with Gasteiger partial charge in [0.2, 0.25) is 0 Å². The number of aromatic nitrogens is 4. The molecule has 0 aliphatic heterocycles. The van der Waals surface area contributed by atoms with Crippen molar-refractivity contribution in [3.8, 4) is 0 Å². The highest BCUT2D eigenvalue weighted by Gasteiger charge is 2.14. The van der Waals surface area contributed by atoms with Crippen LogP contribution in [0.15, 0.2) is 27.2 Å². The minimum absolute atomic E-state index is 0.0416. The number of aromatic amines is 1. The Balaban J connectivity index is 2.36. The van der Waals surface area contributed by atoms with E-state index in [1.54, 1.807) is 6.92 Å². The van der Waals surface area contributed by atoms with E-state index >= 15 is 0 Å². The zero-order valence-corrected chi connectivity index (χ0v) is 11.3. The highest BCUT2D eigenvalue weighted by molar-refractivity contribution is 7.99. The average molecular weight is 301 g/mol. The molecule has 0 aromatic carbocycles. The molecule has 0 aliphatic carbocycles. The Labute approximate surface area is 116 Å². The van der Waals surface area contributed by atoms with Crippen molar-refractivity contribution in [2.24, 2.45) is 0 Å². The highest BCUT2D eigenvalue weighted by Crippen LogP contribution is 2.26. The number of rotatable bonds is 4. The summed E-state index contributed by atoms with van der Waals surface area (Å²) < 4.78 is 1.42. The number of carboxylic acids is 1. The summed E-state index contributed by atoms with van der Waals surface area (Å²) in [6.07, 6.45) is 1.26. The van der Waals surface area contributed by atoms with Crippen LogP contribution in [0.5, 0.6) is 0 Å². The largest absolute Gasteiger partial charge is 0.478 e. The quantitative estimate of drug-likeness (QED) is 0.887. The molecule has 0 bridgehead atoms. The third-order valence-electron chi connectivity index (χ3n) is 2.30. The molecular weight excluding hydrogens is 292 g/mol. The van der Waals surface area contributed by atoms with Gasteiger partial charge >= 0.3 is 11.7 Å². The Kier molecular flexibility index (Phi) is 3.91. The van der Waals surface area contributed by atoms with E-state index in [0.29, 0.717) is 16.7 Å². The molecule has 0 amide bonds. The van der Waals surface area contributed by atoms with Gasteiger partial charge in [-0.1, -0.05) is 11.6 Å². The van der Waals surface area contributed by atoms with E-state index in [-0.39, 0.29) is 16.3 Å². The van der Waals surface area contributed by atoms with Crippen LogP contribution in [0, 0.1) is 0 Å². The number of aromatic carboxylic acids is 1. The second-order valence-corrected chi connectivity index (χ2v) is 4.86. The third-order valence-corrected chi connectivity index (χ3v) is 3.52. The van der Waals surface area contributed by atoms with Crippen LogP contribution in [-0.4, -0.2) is 30.8 Å². The third kappa shape index (κ3) is 2.79. The highest BCUT2D eigenvalue weighted by atomic mass is 35.5. The molecule has 0 fully saturated rings. The van der Waals surface area contributed by atoms with Gasteiger partial charge in [-0.25, -0.2) is 19.7 Å². The molecular formula is C10H9ClN4O3S. The van der Waals surface area contributed by atoms with Gasteiger partial charge < -0.3 is 5.11 Å². The number of hydrogen-bond acceptors (Lipinski definition) is 5. The van der Waals surface area contributed by atoms with E-state index in [1.807, 2.05) is 0 Å². The summed E-state index contributed by atoms with van der Waals surface area (Å²) in [5, 5.41) is 16.0. The molecule has 0 spiro atoms. The van der Waals surface area contributed by atoms with E-state index < -0.39 is 5.97 Å². The summed E-state index contributed by atoms with van der Waals surface area (Å²) in [6, 6.07) is 1.34. The molecule has 100 valence electrons. The first-order valence-corrected chi connectivity index (χ1v) is 6.44. The first-order valence-electron chi connectivity index (χ1n) is 5.24. The van der Waals surface area contributed by atoms with E-state index in [2.05, 4.69) is 15.2 Å². The van der Waals surface area contributed by atoms with Crippen molar-refractivity contribution in [2.75, 3.05) is 0 Å². The predicted octanol–water partition coefficient (Wildman–Crippen LogP) is 1.49. The molecule has 19 heavy (non-hydrogen) atoms. The fraction of sp³-hybridized carbons (Fsp3) is 0.200. The summed E-state index contributed by atoms with van der Waals surface area (Å²) in [5.74, 6) is -1.14. The summed E-state index contributed by atoms with van der Waals surface area (Å²) in [4.78, 5) is 26.3. The zero-order chi connectivity index (χ0) is 14.0. The maximum atomic E-state index is 11.4. The number of carbonyl (C=O) groups is 1. The molecule has 7 nitrogen and oxygen atoms in total. The van der Waals surface area contributed by atoms with Crippen LogP contribution in [0.4, 0.5) is 0 Å². The van der Waals surface area contributed by atoms with Crippen molar-refractivity contribution in [1.29, 1.82) is 0 Å². The summed E-state index contributed by atoms with van der Waals surface area (Å²) >= 11 is 6.81. The molecule has 0 saturated carbocycles. The fourth-order valence-corrected chi connectivity index (χ4v) is 2.46. The lowest BCUT2D eigenvalue weighted by molar-refractivity contribution is 0.0696. The molecule has 0 unspecified atom stereocenters. The van der Waals surface area contributed by atoms with Gasteiger partial charge in [0.15, 0.2) is 5.16 Å². The Morgan fingerprint density at radius 1 is 1.63 bits per heavy atom. The SMILES string of the molecule is CCn1c(Sc2cc(C(=O)O)c(Cl)cn2)n[nH]c1=O. The number of pyridine rings is 1. The molecule has 9 heteroatoms. The van der Waals surface area contributed by atoms with Gasteiger partial charge in [-0.3, -0.25) is 4.57 Å². The van der Waals surface area contributed by atoms with E-state index in [9.17, 15) is 9.59 Å². The molecule has 0 atom stereocenters. The van der Waals surface area contributed by atoms with Crippen molar-refractivity contribution in [2.45, 2.75) is 23.7 Å². The van der Waals surface area contributed by atoms with E-state index in [4.69, 9.17) is 16.7 Å². The van der Waals surface area contributed by atoms with Crippen molar-refractivity contribution < 1.29 is 9.90 Å². The van der Waals surface area contributed by atoms with Crippen LogP contribution in [-0.2, 0) is 6.54 Å².